The third-order valence-electron chi connectivity index (χ3n) is 4.76. The zero-order valence-electron chi connectivity index (χ0n) is 13.8. The number of carboxylic acid groups (broad SMARTS) is 1. The van der Waals surface area contributed by atoms with E-state index < -0.39 is 11.9 Å². The summed E-state index contributed by atoms with van der Waals surface area (Å²) in [6.07, 6.45) is 0.808. The summed E-state index contributed by atoms with van der Waals surface area (Å²) in [5.41, 5.74) is 1.84. The van der Waals surface area contributed by atoms with Crippen molar-refractivity contribution < 1.29 is 19.1 Å². The maximum absolute atomic E-state index is 12.9. The van der Waals surface area contributed by atoms with Gasteiger partial charge in [0.15, 0.2) is 0 Å². The molecule has 130 valence electrons. The van der Waals surface area contributed by atoms with Gasteiger partial charge in [0.2, 0.25) is 5.91 Å². The number of carbonyl (C=O) groups is 2. The minimum Gasteiger partial charge on any atom is -0.481 e. The number of hydrogen-bond donors (Lipinski definition) is 1. The van der Waals surface area contributed by atoms with E-state index in [0.29, 0.717) is 19.4 Å². The van der Waals surface area contributed by atoms with E-state index in [1.807, 2.05) is 30.3 Å². The van der Waals surface area contributed by atoms with Gasteiger partial charge < -0.3 is 10.0 Å². The van der Waals surface area contributed by atoms with Crippen LogP contribution in [0.4, 0.5) is 4.39 Å². The quantitative estimate of drug-likeness (QED) is 0.909. The molecule has 1 N–H and O–H groups in total. The standard InChI is InChI=1S/C20H20FNO3/c21-16-9-6-14(7-10-16)8-11-19(23)22-12-17(18(13-22)20(24)25)15-4-2-1-3-5-15/h1-7,9-10,17-18H,8,11-13H2,(H,24,25)/t17-,18-/m1/s1. The van der Waals surface area contributed by atoms with Crippen LogP contribution in [0.15, 0.2) is 54.6 Å². The van der Waals surface area contributed by atoms with Gasteiger partial charge in [-0.05, 0) is 29.7 Å². The molecule has 3 rings (SSSR count). The Morgan fingerprint density at radius 1 is 1.04 bits per heavy atom. The number of halogens is 1. The summed E-state index contributed by atoms with van der Waals surface area (Å²) in [5, 5.41) is 9.50. The van der Waals surface area contributed by atoms with Gasteiger partial charge in [0, 0.05) is 25.4 Å². The minimum atomic E-state index is -0.873. The van der Waals surface area contributed by atoms with E-state index in [1.54, 1.807) is 17.0 Å². The van der Waals surface area contributed by atoms with Crippen LogP contribution < -0.4 is 0 Å². The average Bonchev–Trinajstić information content (AvgIpc) is 3.07. The number of rotatable bonds is 5. The molecule has 2 aromatic carbocycles. The summed E-state index contributed by atoms with van der Waals surface area (Å²) < 4.78 is 12.9. The molecule has 2 aromatic rings. The molecule has 0 radical (unpaired) electrons. The van der Waals surface area contributed by atoms with Gasteiger partial charge >= 0.3 is 5.97 Å². The Balaban J connectivity index is 1.65. The lowest BCUT2D eigenvalue weighted by Gasteiger charge is -2.16. The molecule has 1 fully saturated rings. The number of likely N-dealkylation sites (tertiary alicyclic amines) is 1. The van der Waals surface area contributed by atoms with Gasteiger partial charge in [0.1, 0.15) is 5.82 Å². The third kappa shape index (κ3) is 4.05. The number of nitrogens with zero attached hydrogens (tertiary/aromatic N) is 1. The number of hydrogen-bond acceptors (Lipinski definition) is 2. The lowest BCUT2D eigenvalue weighted by atomic mass is 9.89. The van der Waals surface area contributed by atoms with Gasteiger partial charge in [-0.2, -0.15) is 0 Å². The SMILES string of the molecule is O=C(O)[C@@H]1CN(C(=O)CCc2ccc(F)cc2)C[C@@H]1c1ccccc1. The molecular weight excluding hydrogens is 321 g/mol. The molecule has 5 heteroatoms. The van der Waals surface area contributed by atoms with E-state index in [0.717, 1.165) is 11.1 Å². The second-order valence-corrected chi connectivity index (χ2v) is 6.39. The highest BCUT2D eigenvalue weighted by atomic mass is 19.1. The molecule has 1 amide bonds. The van der Waals surface area contributed by atoms with E-state index in [-0.39, 0.29) is 24.2 Å². The lowest BCUT2D eigenvalue weighted by Crippen LogP contribution is -2.30. The van der Waals surface area contributed by atoms with Crippen LogP contribution in [0.1, 0.15) is 23.5 Å². The summed E-state index contributed by atoms with van der Waals surface area (Å²) in [5.74, 6) is -2.01. The second kappa shape index (κ2) is 7.47. The van der Waals surface area contributed by atoms with Crippen LogP contribution in [0.5, 0.6) is 0 Å². The van der Waals surface area contributed by atoms with Gasteiger partial charge in [-0.15, -0.1) is 0 Å². The first kappa shape index (κ1) is 17.1. The number of benzene rings is 2. The van der Waals surface area contributed by atoms with Crippen molar-refractivity contribution in [3.63, 3.8) is 0 Å². The van der Waals surface area contributed by atoms with Crippen LogP contribution >= 0.6 is 0 Å². The summed E-state index contributed by atoms with van der Waals surface area (Å²) in [7, 11) is 0. The molecule has 0 unspecified atom stereocenters. The average molecular weight is 341 g/mol. The first-order valence-corrected chi connectivity index (χ1v) is 8.34. The fourth-order valence-electron chi connectivity index (χ4n) is 3.36. The van der Waals surface area contributed by atoms with E-state index >= 15 is 0 Å². The Morgan fingerprint density at radius 3 is 2.36 bits per heavy atom. The van der Waals surface area contributed by atoms with Crippen LogP contribution in [0, 0.1) is 11.7 Å². The minimum absolute atomic E-state index is 0.0611. The van der Waals surface area contributed by atoms with E-state index in [1.165, 1.54) is 12.1 Å². The topological polar surface area (TPSA) is 57.6 Å². The van der Waals surface area contributed by atoms with Gasteiger partial charge in [-0.1, -0.05) is 42.5 Å². The lowest BCUT2D eigenvalue weighted by molar-refractivity contribution is -0.141. The van der Waals surface area contributed by atoms with Crippen LogP contribution in [-0.4, -0.2) is 35.0 Å². The Bertz CT molecular complexity index is 745. The first-order chi connectivity index (χ1) is 12.0. The molecule has 4 nitrogen and oxygen atoms in total. The highest BCUT2D eigenvalue weighted by Gasteiger charge is 2.40. The maximum Gasteiger partial charge on any atom is 0.308 e. The van der Waals surface area contributed by atoms with Gasteiger partial charge in [-0.25, -0.2) is 4.39 Å². The van der Waals surface area contributed by atoms with Crippen LogP contribution in [-0.2, 0) is 16.0 Å². The van der Waals surface area contributed by atoms with E-state index in [4.69, 9.17) is 0 Å². The fourth-order valence-corrected chi connectivity index (χ4v) is 3.36. The van der Waals surface area contributed by atoms with Crippen molar-refractivity contribution in [1.82, 2.24) is 4.90 Å². The van der Waals surface area contributed by atoms with Crippen molar-refractivity contribution in [1.29, 1.82) is 0 Å². The Morgan fingerprint density at radius 2 is 1.72 bits per heavy atom. The van der Waals surface area contributed by atoms with Crippen LogP contribution in [0.2, 0.25) is 0 Å². The van der Waals surface area contributed by atoms with Crippen molar-refractivity contribution in [2.75, 3.05) is 13.1 Å². The van der Waals surface area contributed by atoms with Crippen LogP contribution in [0.3, 0.4) is 0 Å². The zero-order valence-corrected chi connectivity index (χ0v) is 13.8. The first-order valence-electron chi connectivity index (χ1n) is 8.34. The summed E-state index contributed by atoms with van der Waals surface area (Å²) in [6.45, 7) is 0.653. The molecule has 2 atom stereocenters. The van der Waals surface area contributed by atoms with Crippen molar-refractivity contribution in [3.05, 3.63) is 71.5 Å². The normalized spacial score (nSPS) is 19.8. The summed E-state index contributed by atoms with van der Waals surface area (Å²) >= 11 is 0. The summed E-state index contributed by atoms with van der Waals surface area (Å²) in [4.78, 5) is 25.7. The Kier molecular flexibility index (Phi) is 5.12. The fraction of sp³-hybridized carbons (Fsp3) is 0.300. The number of amides is 1. The molecule has 0 saturated carbocycles. The molecule has 0 aromatic heterocycles. The molecule has 0 bridgehead atoms. The molecule has 25 heavy (non-hydrogen) atoms. The molecule has 1 aliphatic rings. The predicted octanol–water partition coefficient (Wildman–Crippen LogP) is 3.09. The summed E-state index contributed by atoms with van der Waals surface area (Å²) in [6, 6.07) is 15.6. The molecule has 1 aliphatic heterocycles. The predicted molar refractivity (Wildman–Crippen MR) is 91.6 cm³/mol. The van der Waals surface area contributed by atoms with Gasteiger partial charge in [0.25, 0.3) is 0 Å². The monoisotopic (exact) mass is 341 g/mol. The van der Waals surface area contributed by atoms with Crippen molar-refractivity contribution in [2.45, 2.75) is 18.8 Å². The number of aryl methyl sites for hydroxylation is 1. The largest absolute Gasteiger partial charge is 0.481 e. The number of aliphatic carboxylic acids is 1. The van der Waals surface area contributed by atoms with Gasteiger partial charge in [-0.3, -0.25) is 9.59 Å². The van der Waals surface area contributed by atoms with Gasteiger partial charge in [0.05, 0.1) is 5.92 Å². The van der Waals surface area contributed by atoms with Crippen molar-refractivity contribution >= 4 is 11.9 Å². The molecule has 0 spiro atoms. The second-order valence-electron chi connectivity index (χ2n) is 6.39. The number of carbonyl (C=O) groups excluding carboxylic acids is 1. The highest BCUT2D eigenvalue weighted by molar-refractivity contribution is 5.79. The third-order valence-corrected chi connectivity index (χ3v) is 4.76. The molecule has 1 heterocycles. The van der Waals surface area contributed by atoms with Crippen molar-refractivity contribution in [3.8, 4) is 0 Å². The zero-order chi connectivity index (χ0) is 17.8. The smallest absolute Gasteiger partial charge is 0.308 e. The highest BCUT2D eigenvalue weighted by Crippen LogP contribution is 2.33. The molecule has 0 aliphatic carbocycles. The van der Waals surface area contributed by atoms with Crippen molar-refractivity contribution in [2.24, 2.45) is 5.92 Å². The van der Waals surface area contributed by atoms with E-state index in [9.17, 15) is 19.1 Å². The molecular formula is C20H20FNO3. The number of carboxylic acids is 1. The van der Waals surface area contributed by atoms with Crippen LogP contribution in [0.25, 0.3) is 0 Å². The maximum atomic E-state index is 12.9. The Hall–Kier alpha value is -2.69. The molecule has 1 saturated heterocycles. The Labute approximate surface area is 145 Å². The van der Waals surface area contributed by atoms with E-state index in [2.05, 4.69) is 0 Å².